The van der Waals surface area contributed by atoms with Gasteiger partial charge in [-0.3, -0.25) is 9.59 Å². The highest BCUT2D eigenvalue weighted by Crippen LogP contribution is 2.24. The lowest BCUT2D eigenvalue weighted by atomic mass is 9.99. The number of hydrogen-bond donors (Lipinski definition) is 1. The Bertz CT molecular complexity index is 1030. The predicted molar refractivity (Wildman–Crippen MR) is 112 cm³/mol. The van der Waals surface area contributed by atoms with Gasteiger partial charge < -0.3 is 10.2 Å². The van der Waals surface area contributed by atoms with Gasteiger partial charge >= 0.3 is 0 Å². The van der Waals surface area contributed by atoms with Crippen molar-refractivity contribution < 1.29 is 4.79 Å². The number of nitrogens with zero attached hydrogens (tertiary/aromatic N) is 3. The molecule has 2 aromatic carbocycles. The monoisotopic (exact) mass is 376 g/mol. The van der Waals surface area contributed by atoms with Gasteiger partial charge in [-0.1, -0.05) is 25.1 Å². The topological polar surface area (TPSA) is 67.2 Å². The Morgan fingerprint density at radius 3 is 2.57 bits per heavy atom. The highest BCUT2D eigenvalue weighted by Gasteiger charge is 2.16. The van der Waals surface area contributed by atoms with Gasteiger partial charge in [-0.2, -0.15) is 5.10 Å². The lowest BCUT2D eigenvalue weighted by Crippen LogP contribution is -2.32. The maximum absolute atomic E-state index is 12.5. The number of benzene rings is 2. The summed E-state index contributed by atoms with van der Waals surface area (Å²) in [6, 6.07) is 15.1. The lowest BCUT2D eigenvalue weighted by Gasteiger charge is -2.32. The Balaban J connectivity index is 1.41. The average Bonchev–Trinajstić information content (AvgIpc) is 2.71. The second-order valence-electron chi connectivity index (χ2n) is 7.46. The van der Waals surface area contributed by atoms with Crippen molar-refractivity contribution in [2.45, 2.75) is 26.3 Å². The Kier molecular flexibility index (Phi) is 5.10. The van der Waals surface area contributed by atoms with E-state index in [9.17, 15) is 9.59 Å². The first-order chi connectivity index (χ1) is 13.6. The number of rotatable bonds is 4. The van der Waals surface area contributed by atoms with Crippen molar-refractivity contribution in [1.82, 2.24) is 9.78 Å². The minimum atomic E-state index is -0.274. The van der Waals surface area contributed by atoms with Gasteiger partial charge in [0, 0.05) is 29.9 Å². The van der Waals surface area contributed by atoms with Crippen LogP contribution in [0.3, 0.4) is 0 Å². The summed E-state index contributed by atoms with van der Waals surface area (Å²) in [4.78, 5) is 27.2. The molecule has 1 N–H and O–H groups in total. The smallest absolute Gasteiger partial charge is 0.275 e. The van der Waals surface area contributed by atoms with Crippen LogP contribution in [-0.4, -0.2) is 28.8 Å². The van der Waals surface area contributed by atoms with Crippen LogP contribution >= 0.6 is 0 Å². The van der Waals surface area contributed by atoms with E-state index in [1.165, 1.54) is 23.2 Å². The molecule has 0 radical (unpaired) electrons. The molecule has 3 aromatic rings. The van der Waals surface area contributed by atoms with Crippen LogP contribution in [0, 0.1) is 5.92 Å². The zero-order valence-corrected chi connectivity index (χ0v) is 16.0. The van der Waals surface area contributed by atoms with Crippen LogP contribution in [-0.2, 0) is 11.3 Å². The summed E-state index contributed by atoms with van der Waals surface area (Å²) in [7, 11) is 0. The number of fused-ring (bicyclic) bond motifs is 1. The molecule has 6 heteroatoms. The Morgan fingerprint density at radius 2 is 1.82 bits per heavy atom. The molecule has 0 atom stereocenters. The molecular formula is C22H24N4O2. The third-order valence-electron chi connectivity index (χ3n) is 5.36. The van der Waals surface area contributed by atoms with Crippen LogP contribution in [0.2, 0.25) is 0 Å². The molecule has 1 fully saturated rings. The molecule has 28 heavy (non-hydrogen) atoms. The quantitative estimate of drug-likeness (QED) is 0.759. The summed E-state index contributed by atoms with van der Waals surface area (Å²) in [5.74, 6) is 0.520. The van der Waals surface area contributed by atoms with E-state index in [2.05, 4.69) is 22.2 Å². The maximum Gasteiger partial charge on any atom is 0.275 e. The van der Waals surface area contributed by atoms with Gasteiger partial charge in [0.05, 0.1) is 11.6 Å². The molecule has 144 valence electrons. The molecule has 0 aliphatic carbocycles. The highest BCUT2D eigenvalue weighted by molar-refractivity contribution is 5.91. The molecule has 0 saturated carbocycles. The van der Waals surface area contributed by atoms with Crippen molar-refractivity contribution in [3.8, 4) is 0 Å². The van der Waals surface area contributed by atoms with Gasteiger partial charge in [0.15, 0.2) is 0 Å². The minimum Gasteiger partial charge on any atom is -0.372 e. The fraction of sp³-hybridized carbons (Fsp3) is 0.318. The van der Waals surface area contributed by atoms with Crippen LogP contribution in [0.15, 0.2) is 59.5 Å². The van der Waals surface area contributed by atoms with Crippen LogP contribution in [0.5, 0.6) is 0 Å². The van der Waals surface area contributed by atoms with E-state index < -0.39 is 0 Å². The van der Waals surface area contributed by atoms with Gasteiger partial charge in [0.1, 0.15) is 6.54 Å². The van der Waals surface area contributed by atoms with Crippen molar-refractivity contribution in [3.05, 3.63) is 65.1 Å². The molecule has 1 amide bonds. The normalized spacial score (nSPS) is 15.0. The standard InChI is InChI=1S/C22H24N4O2/c1-16-10-12-25(13-11-16)19-8-6-18(7-9-19)24-21(27)15-26-22(28)20-5-3-2-4-17(20)14-23-26/h2-9,14,16H,10-13,15H2,1H3,(H,24,27). The summed E-state index contributed by atoms with van der Waals surface area (Å²) in [6.45, 7) is 4.33. The predicted octanol–water partition coefficient (Wildman–Crippen LogP) is 3.27. The molecule has 1 saturated heterocycles. The zero-order valence-electron chi connectivity index (χ0n) is 16.0. The van der Waals surface area contributed by atoms with Crippen molar-refractivity contribution in [1.29, 1.82) is 0 Å². The summed E-state index contributed by atoms with van der Waals surface area (Å²) < 4.78 is 1.20. The van der Waals surface area contributed by atoms with Gasteiger partial charge in [0.25, 0.3) is 5.56 Å². The van der Waals surface area contributed by atoms with Crippen molar-refractivity contribution in [2.24, 2.45) is 5.92 Å². The molecule has 0 spiro atoms. The highest BCUT2D eigenvalue weighted by atomic mass is 16.2. The van der Waals surface area contributed by atoms with Crippen LogP contribution in [0.25, 0.3) is 10.8 Å². The molecule has 4 rings (SSSR count). The van der Waals surface area contributed by atoms with E-state index in [1.807, 2.05) is 36.4 Å². The SMILES string of the molecule is CC1CCN(c2ccc(NC(=O)Cn3ncc4ccccc4c3=O)cc2)CC1. The summed E-state index contributed by atoms with van der Waals surface area (Å²) in [6.07, 6.45) is 4.04. The first kappa shape index (κ1) is 18.2. The number of nitrogens with one attached hydrogen (secondary N) is 1. The number of carbonyl (C=O) groups excluding carboxylic acids is 1. The second-order valence-corrected chi connectivity index (χ2v) is 7.46. The van der Waals surface area contributed by atoms with Gasteiger partial charge in [-0.15, -0.1) is 0 Å². The van der Waals surface area contributed by atoms with Crippen molar-refractivity contribution in [3.63, 3.8) is 0 Å². The van der Waals surface area contributed by atoms with Crippen LogP contribution in [0.4, 0.5) is 11.4 Å². The molecule has 1 aliphatic rings. The number of anilines is 2. The van der Waals surface area contributed by atoms with Crippen LogP contribution < -0.4 is 15.8 Å². The Labute approximate surface area is 163 Å². The van der Waals surface area contributed by atoms with E-state index >= 15 is 0 Å². The lowest BCUT2D eigenvalue weighted by molar-refractivity contribution is -0.117. The summed E-state index contributed by atoms with van der Waals surface area (Å²) >= 11 is 0. The first-order valence-corrected chi connectivity index (χ1v) is 9.70. The van der Waals surface area contributed by atoms with Crippen molar-refractivity contribution in [2.75, 3.05) is 23.3 Å². The molecule has 1 aromatic heterocycles. The molecule has 6 nitrogen and oxygen atoms in total. The number of piperidine rings is 1. The van der Waals surface area contributed by atoms with E-state index in [0.29, 0.717) is 11.1 Å². The van der Waals surface area contributed by atoms with E-state index in [0.717, 1.165) is 24.4 Å². The third kappa shape index (κ3) is 3.91. The largest absolute Gasteiger partial charge is 0.372 e. The summed E-state index contributed by atoms with van der Waals surface area (Å²) in [5, 5.41) is 8.28. The van der Waals surface area contributed by atoms with E-state index in [4.69, 9.17) is 0 Å². The second kappa shape index (κ2) is 7.84. The molecule has 1 aliphatic heterocycles. The fourth-order valence-electron chi connectivity index (χ4n) is 3.60. The molecule has 2 heterocycles. The molecule has 0 bridgehead atoms. The number of amides is 1. The number of aromatic nitrogens is 2. The van der Waals surface area contributed by atoms with Crippen LogP contribution in [0.1, 0.15) is 19.8 Å². The summed E-state index contributed by atoms with van der Waals surface area (Å²) in [5.41, 5.74) is 1.63. The zero-order chi connectivity index (χ0) is 19.5. The average molecular weight is 376 g/mol. The minimum absolute atomic E-state index is 0.116. The molecule has 0 unspecified atom stereocenters. The van der Waals surface area contributed by atoms with Crippen molar-refractivity contribution >= 4 is 28.1 Å². The van der Waals surface area contributed by atoms with Gasteiger partial charge in [-0.05, 0) is 49.1 Å². The maximum atomic E-state index is 12.5. The number of carbonyl (C=O) groups is 1. The van der Waals surface area contributed by atoms with E-state index in [-0.39, 0.29) is 18.0 Å². The Hall–Kier alpha value is -3.15. The Morgan fingerprint density at radius 1 is 1.11 bits per heavy atom. The molecular weight excluding hydrogens is 352 g/mol. The van der Waals surface area contributed by atoms with E-state index in [1.54, 1.807) is 18.3 Å². The number of hydrogen-bond acceptors (Lipinski definition) is 4. The third-order valence-corrected chi connectivity index (χ3v) is 5.36. The fourth-order valence-corrected chi connectivity index (χ4v) is 3.60. The van der Waals surface area contributed by atoms with Gasteiger partial charge in [0.2, 0.25) is 5.91 Å². The van der Waals surface area contributed by atoms with Gasteiger partial charge in [-0.25, -0.2) is 4.68 Å². The first-order valence-electron chi connectivity index (χ1n) is 9.70.